The van der Waals surface area contributed by atoms with E-state index in [1.54, 1.807) is 18.3 Å². The fourth-order valence-electron chi connectivity index (χ4n) is 2.82. The molecule has 1 aromatic carbocycles. The van der Waals surface area contributed by atoms with Gasteiger partial charge in [0.05, 0.1) is 22.8 Å². The van der Waals surface area contributed by atoms with E-state index in [4.69, 9.17) is 23.2 Å². The van der Waals surface area contributed by atoms with Gasteiger partial charge in [-0.15, -0.1) is 0 Å². The molecular formula is C16H18BrCl2N3O. The zero-order chi connectivity index (χ0) is 15.9. The second kappa shape index (κ2) is 6.93. The summed E-state index contributed by atoms with van der Waals surface area (Å²) in [7, 11) is 0. The van der Waals surface area contributed by atoms with Crippen LogP contribution in [-0.2, 0) is 12.3 Å². The lowest BCUT2D eigenvalue weighted by Crippen LogP contribution is -3.00. The van der Waals surface area contributed by atoms with Crippen molar-refractivity contribution in [1.29, 1.82) is 0 Å². The van der Waals surface area contributed by atoms with E-state index in [-0.39, 0.29) is 17.0 Å². The summed E-state index contributed by atoms with van der Waals surface area (Å²) in [5.41, 5.74) is -0.465. The highest BCUT2D eigenvalue weighted by Crippen LogP contribution is 2.36. The van der Waals surface area contributed by atoms with E-state index >= 15 is 0 Å². The van der Waals surface area contributed by atoms with Crippen molar-refractivity contribution in [3.8, 4) is 0 Å². The van der Waals surface area contributed by atoms with E-state index < -0.39 is 5.72 Å². The number of anilines is 1. The molecule has 1 aliphatic heterocycles. The Morgan fingerprint density at radius 1 is 1.35 bits per heavy atom. The molecule has 0 aliphatic carbocycles. The van der Waals surface area contributed by atoms with Crippen LogP contribution in [0.2, 0.25) is 10.0 Å². The van der Waals surface area contributed by atoms with Crippen molar-refractivity contribution in [3.63, 3.8) is 0 Å². The average molecular weight is 419 g/mol. The lowest BCUT2D eigenvalue weighted by Gasteiger charge is -2.29. The molecule has 0 saturated carbocycles. The molecule has 1 aliphatic rings. The van der Waals surface area contributed by atoms with E-state index in [0.717, 1.165) is 5.95 Å². The number of hydrogen-bond acceptors (Lipinski definition) is 3. The first-order valence-electron chi connectivity index (χ1n) is 7.22. The van der Waals surface area contributed by atoms with E-state index in [1.165, 1.54) is 0 Å². The molecule has 1 N–H and O–H groups in total. The molecule has 3 rings (SSSR count). The third-order valence-electron chi connectivity index (χ3n) is 3.81. The second-order valence-corrected chi connectivity index (χ2v) is 6.81. The van der Waals surface area contributed by atoms with Crippen LogP contribution in [-0.4, -0.2) is 16.6 Å². The molecule has 0 fully saturated rings. The van der Waals surface area contributed by atoms with Crippen molar-refractivity contribution < 1.29 is 26.7 Å². The Hall–Kier alpha value is -0.880. The molecule has 4 nitrogen and oxygen atoms in total. The van der Waals surface area contributed by atoms with Gasteiger partial charge < -0.3 is 22.1 Å². The number of fused-ring (bicyclic) bond motifs is 1. The number of benzene rings is 1. The Morgan fingerprint density at radius 3 is 2.74 bits per heavy atom. The molecule has 0 saturated heterocycles. The number of halogens is 3. The fraction of sp³-hybridized carbons (Fsp3) is 0.375. The molecule has 2 aromatic rings. The Labute approximate surface area is 156 Å². The molecule has 2 heterocycles. The molecule has 1 unspecified atom stereocenters. The monoisotopic (exact) mass is 417 g/mol. The van der Waals surface area contributed by atoms with E-state index in [9.17, 15) is 5.11 Å². The summed E-state index contributed by atoms with van der Waals surface area (Å²) in [6.45, 7) is 5.32. The van der Waals surface area contributed by atoms with Gasteiger partial charge in [-0.25, -0.2) is 9.47 Å². The summed E-state index contributed by atoms with van der Waals surface area (Å²) in [6.07, 6.45) is 3.66. The van der Waals surface area contributed by atoms with Gasteiger partial charge in [0.15, 0.2) is 0 Å². The van der Waals surface area contributed by atoms with Crippen molar-refractivity contribution in [3.05, 3.63) is 52.3 Å². The summed E-state index contributed by atoms with van der Waals surface area (Å²) in [6, 6.07) is 7.11. The Kier molecular flexibility index (Phi) is 5.56. The minimum absolute atomic E-state index is 0. The van der Waals surface area contributed by atoms with Gasteiger partial charge in [0, 0.05) is 11.6 Å². The number of hydrogen-bond donors (Lipinski definition) is 1. The first kappa shape index (κ1) is 18.5. The molecule has 23 heavy (non-hydrogen) atoms. The first-order valence-corrected chi connectivity index (χ1v) is 7.97. The van der Waals surface area contributed by atoms with Gasteiger partial charge in [0.25, 0.3) is 0 Å². The van der Waals surface area contributed by atoms with Gasteiger partial charge in [0.2, 0.25) is 5.72 Å². The molecule has 124 valence electrons. The van der Waals surface area contributed by atoms with Gasteiger partial charge >= 0.3 is 5.95 Å². The van der Waals surface area contributed by atoms with Crippen LogP contribution in [0.15, 0.2) is 36.7 Å². The number of aliphatic hydroxyl groups is 1. The predicted octanol–water partition coefficient (Wildman–Crippen LogP) is 0.00120. The molecule has 7 heteroatoms. The van der Waals surface area contributed by atoms with Crippen molar-refractivity contribution in [2.45, 2.75) is 26.1 Å². The lowest BCUT2D eigenvalue weighted by molar-refractivity contribution is -0.685. The molecule has 0 bridgehead atoms. The molecule has 0 amide bonds. The second-order valence-electron chi connectivity index (χ2n) is 6.00. The molecule has 0 spiro atoms. The third-order valence-corrected chi connectivity index (χ3v) is 4.55. The maximum atomic E-state index is 11.4. The van der Waals surface area contributed by atoms with Crippen LogP contribution < -0.4 is 26.4 Å². The SMILES string of the molecule is CC(C)CN1c2nccc[n+]2CC1(O)c1ccc(Cl)c(Cl)c1.[Br-]. The highest BCUT2D eigenvalue weighted by Gasteiger charge is 2.51. The zero-order valence-corrected chi connectivity index (χ0v) is 16.0. The zero-order valence-electron chi connectivity index (χ0n) is 12.9. The smallest absolute Gasteiger partial charge is 0.396 e. The summed E-state index contributed by atoms with van der Waals surface area (Å²) in [5, 5.41) is 12.3. The molecular weight excluding hydrogens is 401 g/mol. The van der Waals surface area contributed by atoms with Crippen LogP contribution in [0.1, 0.15) is 19.4 Å². The maximum Gasteiger partial charge on any atom is 0.396 e. The van der Waals surface area contributed by atoms with Crippen molar-refractivity contribution >= 4 is 29.2 Å². The average Bonchev–Trinajstić information content (AvgIpc) is 2.75. The minimum atomic E-state index is -1.18. The van der Waals surface area contributed by atoms with E-state index in [0.29, 0.717) is 34.6 Å². The Bertz CT molecular complexity index is 713. The predicted molar refractivity (Wildman–Crippen MR) is 87.0 cm³/mol. The van der Waals surface area contributed by atoms with Crippen LogP contribution in [0, 0.1) is 5.92 Å². The highest BCUT2D eigenvalue weighted by molar-refractivity contribution is 6.42. The van der Waals surface area contributed by atoms with E-state index in [2.05, 4.69) is 18.8 Å². The van der Waals surface area contributed by atoms with Crippen molar-refractivity contribution in [2.75, 3.05) is 11.4 Å². The summed E-state index contributed by atoms with van der Waals surface area (Å²) >= 11 is 12.1. The topological polar surface area (TPSA) is 40.2 Å². The van der Waals surface area contributed by atoms with Gasteiger partial charge in [0.1, 0.15) is 12.7 Å². The standard InChI is InChI=1S/C16H18Cl2N3O.BrH/c1-11(2)9-21-15-19-6-3-7-20(15)10-16(21,22)12-4-5-13(17)14(18)8-12;/h3-8,11,22H,9-10H2,1-2H3;1H/q+1;/p-1. The quantitative estimate of drug-likeness (QED) is 0.713. The highest BCUT2D eigenvalue weighted by atomic mass is 79.9. The van der Waals surface area contributed by atoms with Crippen LogP contribution in [0.4, 0.5) is 5.95 Å². The van der Waals surface area contributed by atoms with Crippen LogP contribution >= 0.6 is 23.2 Å². The maximum absolute atomic E-state index is 11.4. The summed E-state index contributed by atoms with van der Waals surface area (Å²) in [5.74, 6) is 1.13. The lowest BCUT2D eigenvalue weighted by atomic mass is 10.0. The Balaban J connectivity index is 0.00000192. The van der Waals surface area contributed by atoms with Crippen LogP contribution in [0.5, 0.6) is 0 Å². The van der Waals surface area contributed by atoms with Gasteiger partial charge in [-0.3, -0.25) is 0 Å². The third kappa shape index (κ3) is 3.33. The fourth-order valence-corrected chi connectivity index (χ4v) is 3.12. The van der Waals surface area contributed by atoms with Gasteiger partial charge in [-0.1, -0.05) is 48.1 Å². The van der Waals surface area contributed by atoms with Crippen LogP contribution in [0.3, 0.4) is 0 Å². The largest absolute Gasteiger partial charge is 1.00 e. The molecule has 1 aromatic heterocycles. The molecule has 0 radical (unpaired) electrons. The molecule has 1 atom stereocenters. The Morgan fingerprint density at radius 2 is 2.09 bits per heavy atom. The minimum Gasteiger partial charge on any atom is -1.00 e. The van der Waals surface area contributed by atoms with Gasteiger partial charge in [-0.2, -0.15) is 0 Å². The summed E-state index contributed by atoms with van der Waals surface area (Å²) in [4.78, 5) is 6.35. The number of nitrogens with zero attached hydrogens (tertiary/aromatic N) is 3. The summed E-state index contributed by atoms with van der Waals surface area (Å²) < 4.78 is 1.95. The van der Waals surface area contributed by atoms with E-state index in [1.807, 2.05) is 27.8 Å². The van der Waals surface area contributed by atoms with Crippen LogP contribution in [0.25, 0.3) is 0 Å². The van der Waals surface area contributed by atoms with Crippen molar-refractivity contribution in [2.24, 2.45) is 5.92 Å². The number of aromatic nitrogens is 2. The number of rotatable bonds is 3. The normalized spacial score (nSPS) is 19.7. The van der Waals surface area contributed by atoms with Gasteiger partial charge in [-0.05, 0) is 18.1 Å². The van der Waals surface area contributed by atoms with Crippen molar-refractivity contribution in [1.82, 2.24) is 4.98 Å². The first-order chi connectivity index (χ1) is 10.4.